The third-order valence-electron chi connectivity index (χ3n) is 6.00. The highest BCUT2D eigenvalue weighted by Gasteiger charge is 2.26. The molecule has 8 heteroatoms. The highest BCUT2D eigenvalue weighted by atomic mass is 16.7. The van der Waals surface area contributed by atoms with Gasteiger partial charge in [-0.05, 0) is 43.5 Å². The number of nitrogens with zero attached hydrogens (tertiary/aromatic N) is 5. The normalized spacial score (nSPS) is 14.7. The zero-order valence-corrected chi connectivity index (χ0v) is 18.0. The molecule has 3 aromatic rings. The van der Waals surface area contributed by atoms with Gasteiger partial charge in [-0.1, -0.05) is 13.0 Å². The molecular weight excluding hydrogens is 394 g/mol. The van der Waals surface area contributed by atoms with E-state index in [-0.39, 0.29) is 12.5 Å². The molecule has 0 N–H and O–H groups in total. The minimum Gasteiger partial charge on any atom is -0.454 e. The monoisotopic (exact) mass is 421 g/mol. The van der Waals surface area contributed by atoms with E-state index in [1.54, 1.807) is 4.68 Å². The summed E-state index contributed by atoms with van der Waals surface area (Å²) < 4.78 is 14.9. The van der Waals surface area contributed by atoms with E-state index in [4.69, 9.17) is 14.5 Å². The number of imidazole rings is 1. The SMILES string of the molecule is CCc1nc(CCc2ccc3c(c2)OCO3)n2c1CN(C(=O)Cn1ccc(C)n1)CC2. The van der Waals surface area contributed by atoms with E-state index in [0.717, 1.165) is 54.5 Å². The van der Waals surface area contributed by atoms with Crippen LogP contribution in [0, 0.1) is 6.92 Å². The van der Waals surface area contributed by atoms with Crippen molar-refractivity contribution in [1.82, 2.24) is 24.2 Å². The predicted octanol–water partition coefficient (Wildman–Crippen LogP) is 2.51. The summed E-state index contributed by atoms with van der Waals surface area (Å²) in [6, 6.07) is 8.03. The first kappa shape index (κ1) is 19.7. The molecule has 1 aromatic carbocycles. The van der Waals surface area contributed by atoms with Crippen LogP contribution in [-0.2, 0) is 43.7 Å². The molecule has 31 heavy (non-hydrogen) atoms. The molecule has 0 fully saturated rings. The minimum atomic E-state index is 0.0968. The molecule has 5 rings (SSSR count). The number of fused-ring (bicyclic) bond motifs is 2. The van der Waals surface area contributed by atoms with Gasteiger partial charge >= 0.3 is 0 Å². The van der Waals surface area contributed by atoms with Gasteiger partial charge < -0.3 is 18.9 Å². The van der Waals surface area contributed by atoms with Gasteiger partial charge in [0, 0.05) is 25.7 Å². The molecule has 8 nitrogen and oxygen atoms in total. The van der Waals surface area contributed by atoms with Crippen LogP contribution in [0.5, 0.6) is 11.5 Å². The number of carbonyl (C=O) groups excluding carboxylic acids is 1. The third kappa shape index (κ3) is 3.89. The van der Waals surface area contributed by atoms with E-state index in [0.29, 0.717) is 19.9 Å². The number of ether oxygens (including phenoxy) is 2. The summed E-state index contributed by atoms with van der Waals surface area (Å²) in [5.74, 6) is 2.82. The van der Waals surface area contributed by atoms with Crippen LogP contribution >= 0.6 is 0 Å². The lowest BCUT2D eigenvalue weighted by atomic mass is 10.1. The number of amides is 1. The quantitative estimate of drug-likeness (QED) is 0.611. The number of carbonyl (C=O) groups is 1. The Labute approximate surface area is 181 Å². The summed E-state index contributed by atoms with van der Waals surface area (Å²) in [6.45, 7) is 6.71. The first-order chi connectivity index (χ1) is 15.1. The Morgan fingerprint density at radius 2 is 2.00 bits per heavy atom. The van der Waals surface area contributed by atoms with Crippen molar-refractivity contribution < 1.29 is 14.3 Å². The second-order valence-corrected chi connectivity index (χ2v) is 8.08. The second kappa shape index (κ2) is 8.09. The standard InChI is InChI=1S/C23H27N5O3/c1-3-18-19-13-26(23(29)14-27-9-8-16(2)25-27)10-11-28(19)22(24-18)7-5-17-4-6-20-21(12-17)31-15-30-20/h4,6,8-9,12H,3,5,7,10-11,13-15H2,1-2H3. The van der Waals surface area contributed by atoms with E-state index in [1.165, 1.54) is 11.3 Å². The zero-order chi connectivity index (χ0) is 21.4. The van der Waals surface area contributed by atoms with Crippen molar-refractivity contribution >= 4 is 5.91 Å². The van der Waals surface area contributed by atoms with Gasteiger partial charge in [-0.15, -0.1) is 0 Å². The largest absolute Gasteiger partial charge is 0.454 e. The maximum Gasteiger partial charge on any atom is 0.244 e. The Morgan fingerprint density at radius 1 is 1.13 bits per heavy atom. The molecule has 0 radical (unpaired) electrons. The average Bonchev–Trinajstić information content (AvgIpc) is 3.49. The van der Waals surface area contributed by atoms with Crippen molar-refractivity contribution in [2.45, 2.75) is 52.7 Å². The maximum atomic E-state index is 12.8. The maximum absolute atomic E-state index is 12.8. The number of benzene rings is 1. The van der Waals surface area contributed by atoms with Gasteiger partial charge in [-0.3, -0.25) is 9.48 Å². The number of hydrogen-bond acceptors (Lipinski definition) is 5. The van der Waals surface area contributed by atoms with E-state index in [9.17, 15) is 4.79 Å². The summed E-state index contributed by atoms with van der Waals surface area (Å²) >= 11 is 0. The number of hydrogen-bond donors (Lipinski definition) is 0. The molecule has 0 spiro atoms. The minimum absolute atomic E-state index is 0.0968. The van der Waals surface area contributed by atoms with Crippen LogP contribution in [0.15, 0.2) is 30.5 Å². The van der Waals surface area contributed by atoms with Crippen LogP contribution in [0.3, 0.4) is 0 Å². The molecule has 162 valence electrons. The smallest absolute Gasteiger partial charge is 0.244 e. The Hall–Kier alpha value is -3.29. The van der Waals surface area contributed by atoms with E-state index >= 15 is 0 Å². The summed E-state index contributed by atoms with van der Waals surface area (Å²) in [4.78, 5) is 19.7. The topological polar surface area (TPSA) is 74.4 Å². The van der Waals surface area contributed by atoms with E-state index in [2.05, 4.69) is 28.7 Å². The predicted molar refractivity (Wildman–Crippen MR) is 114 cm³/mol. The molecule has 0 saturated carbocycles. The van der Waals surface area contributed by atoms with Crippen molar-refractivity contribution in [2.75, 3.05) is 13.3 Å². The molecule has 0 unspecified atom stereocenters. The van der Waals surface area contributed by atoms with Gasteiger partial charge in [-0.2, -0.15) is 5.10 Å². The van der Waals surface area contributed by atoms with Gasteiger partial charge in [-0.25, -0.2) is 4.98 Å². The van der Waals surface area contributed by atoms with Crippen molar-refractivity contribution in [2.24, 2.45) is 0 Å². The fraction of sp³-hybridized carbons (Fsp3) is 0.435. The van der Waals surface area contributed by atoms with Crippen LogP contribution in [0.1, 0.15) is 35.4 Å². The molecule has 1 amide bonds. The van der Waals surface area contributed by atoms with Gasteiger partial charge in [0.15, 0.2) is 11.5 Å². The van der Waals surface area contributed by atoms with Gasteiger partial charge in [0.2, 0.25) is 12.7 Å². The van der Waals surface area contributed by atoms with Gasteiger partial charge in [0.05, 0.1) is 23.6 Å². The summed E-state index contributed by atoms with van der Waals surface area (Å²) in [6.07, 6.45) is 4.46. The fourth-order valence-electron chi connectivity index (χ4n) is 4.34. The Bertz CT molecular complexity index is 1120. The first-order valence-electron chi connectivity index (χ1n) is 10.8. The first-order valence-corrected chi connectivity index (χ1v) is 10.8. The zero-order valence-electron chi connectivity index (χ0n) is 18.0. The third-order valence-corrected chi connectivity index (χ3v) is 6.00. The van der Waals surface area contributed by atoms with Crippen LogP contribution < -0.4 is 9.47 Å². The second-order valence-electron chi connectivity index (χ2n) is 8.08. The molecule has 0 atom stereocenters. The van der Waals surface area contributed by atoms with Crippen LogP contribution in [0.25, 0.3) is 0 Å². The average molecular weight is 422 g/mol. The van der Waals surface area contributed by atoms with Gasteiger partial charge in [0.1, 0.15) is 12.4 Å². The van der Waals surface area contributed by atoms with Crippen LogP contribution in [-0.4, -0.2) is 43.5 Å². The van der Waals surface area contributed by atoms with Gasteiger partial charge in [0.25, 0.3) is 0 Å². The van der Waals surface area contributed by atoms with Crippen LogP contribution in [0.4, 0.5) is 0 Å². The molecule has 2 aromatic heterocycles. The lowest BCUT2D eigenvalue weighted by Gasteiger charge is -2.29. The highest BCUT2D eigenvalue weighted by molar-refractivity contribution is 5.76. The molecule has 4 heterocycles. The van der Waals surface area contributed by atoms with E-state index in [1.807, 2.05) is 30.2 Å². The van der Waals surface area contributed by atoms with Crippen LogP contribution in [0.2, 0.25) is 0 Å². The van der Waals surface area contributed by atoms with Crippen molar-refractivity contribution in [3.8, 4) is 11.5 Å². The summed E-state index contributed by atoms with van der Waals surface area (Å²) in [5.41, 5.74) is 4.39. The molecule has 0 aliphatic carbocycles. The van der Waals surface area contributed by atoms with E-state index < -0.39 is 0 Å². The molecule has 2 aliphatic rings. The molecule has 0 bridgehead atoms. The summed E-state index contributed by atoms with van der Waals surface area (Å²) in [7, 11) is 0. The molecule has 0 saturated heterocycles. The van der Waals surface area contributed by atoms with Crippen molar-refractivity contribution in [3.05, 3.63) is 58.9 Å². The van der Waals surface area contributed by atoms with Crippen molar-refractivity contribution in [1.29, 1.82) is 0 Å². The number of rotatable bonds is 6. The molecular formula is C23H27N5O3. The Balaban J connectivity index is 1.28. The highest BCUT2D eigenvalue weighted by Crippen LogP contribution is 2.33. The van der Waals surface area contributed by atoms with Crippen molar-refractivity contribution in [3.63, 3.8) is 0 Å². The molecule has 2 aliphatic heterocycles. The Kier molecular flexibility index (Phi) is 5.13. The summed E-state index contributed by atoms with van der Waals surface area (Å²) in [5, 5.41) is 4.34. The number of aromatic nitrogens is 4. The lowest BCUT2D eigenvalue weighted by Crippen LogP contribution is -2.40. The lowest BCUT2D eigenvalue weighted by molar-refractivity contribution is -0.133. The Morgan fingerprint density at radius 3 is 2.81 bits per heavy atom. The fourth-order valence-corrected chi connectivity index (χ4v) is 4.34. The number of aryl methyl sites for hydroxylation is 4.